The molecule has 0 amide bonds. The highest BCUT2D eigenvalue weighted by molar-refractivity contribution is 8.01. The summed E-state index contributed by atoms with van der Waals surface area (Å²) in [4.78, 5) is 16.6. The first-order chi connectivity index (χ1) is 8.72. The van der Waals surface area contributed by atoms with Crippen molar-refractivity contribution in [2.24, 2.45) is 0 Å². The summed E-state index contributed by atoms with van der Waals surface area (Å²) in [6.45, 7) is 2.11. The fourth-order valence-electron chi connectivity index (χ4n) is 1.32. The topological polar surface area (TPSA) is 65.2 Å². The van der Waals surface area contributed by atoms with Crippen LogP contribution in [0.4, 0.5) is 5.69 Å². The molecule has 0 unspecified atom stereocenters. The van der Waals surface area contributed by atoms with Crippen LogP contribution in [0.1, 0.15) is 17.4 Å². The molecule has 1 aromatic heterocycles. The lowest BCUT2D eigenvalue weighted by molar-refractivity contribution is 0.0516. The van der Waals surface area contributed by atoms with Crippen LogP contribution >= 0.6 is 23.1 Å². The van der Waals surface area contributed by atoms with Crippen LogP contribution < -0.4 is 5.73 Å². The van der Waals surface area contributed by atoms with Crippen LogP contribution in [-0.4, -0.2) is 17.6 Å². The number of carbonyl (C=O) groups excluding carboxylic acids is 1. The van der Waals surface area contributed by atoms with Gasteiger partial charge in [0.15, 0.2) is 5.69 Å². The number of nitrogen functional groups attached to an aromatic ring is 1. The molecule has 6 heteroatoms. The van der Waals surface area contributed by atoms with Crippen molar-refractivity contribution in [1.29, 1.82) is 0 Å². The van der Waals surface area contributed by atoms with Gasteiger partial charge in [-0.3, -0.25) is 0 Å². The Morgan fingerprint density at radius 2 is 2.28 bits per heavy atom. The molecule has 0 saturated carbocycles. The second-order valence-corrected chi connectivity index (χ2v) is 5.51. The Hall–Kier alpha value is -1.53. The quantitative estimate of drug-likeness (QED) is 0.688. The molecule has 2 aromatic rings. The molecule has 0 aliphatic rings. The van der Waals surface area contributed by atoms with Crippen LogP contribution in [0.5, 0.6) is 0 Å². The van der Waals surface area contributed by atoms with Gasteiger partial charge in [0.1, 0.15) is 0 Å². The fourth-order valence-corrected chi connectivity index (χ4v) is 3.17. The van der Waals surface area contributed by atoms with Crippen molar-refractivity contribution in [1.82, 2.24) is 4.98 Å². The smallest absolute Gasteiger partial charge is 0.359 e. The first-order valence-electron chi connectivity index (χ1n) is 5.35. The molecule has 18 heavy (non-hydrogen) atoms. The van der Waals surface area contributed by atoms with Gasteiger partial charge < -0.3 is 10.5 Å². The van der Waals surface area contributed by atoms with E-state index in [1.54, 1.807) is 12.4 Å². The van der Waals surface area contributed by atoms with E-state index in [4.69, 9.17) is 10.5 Å². The molecule has 0 saturated heterocycles. The Balaban J connectivity index is 2.23. The Morgan fingerprint density at radius 3 is 3.00 bits per heavy atom. The van der Waals surface area contributed by atoms with E-state index in [-0.39, 0.29) is 0 Å². The Bertz CT molecular complexity index is 555. The monoisotopic (exact) mass is 280 g/mol. The molecule has 0 spiro atoms. The molecule has 1 aromatic carbocycles. The number of ether oxygens (including phenoxy) is 1. The highest BCUT2D eigenvalue weighted by Gasteiger charge is 2.17. The number of esters is 1. The minimum atomic E-state index is -0.393. The van der Waals surface area contributed by atoms with Gasteiger partial charge in [-0.05, 0) is 19.1 Å². The van der Waals surface area contributed by atoms with E-state index in [0.717, 1.165) is 9.10 Å². The van der Waals surface area contributed by atoms with E-state index >= 15 is 0 Å². The molecule has 94 valence electrons. The van der Waals surface area contributed by atoms with Gasteiger partial charge in [-0.1, -0.05) is 23.9 Å². The Morgan fingerprint density at radius 1 is 1.50 bits per heavy atom. The molecule has 4 nitrogen and oxygen atoms in total. The third-order valence-electron chi connectivity index (χ3n) is 2.13. The van der Waals surface area contributed by atoms with Gasteiger partial charge in [-0.15, -0.1) is 11.3 Å². The summed E-state index contributed by atoms with van der Waals surface area (Å²) in [5.74, 6) is -0.393. The predicted octanol–water partition coefficient (Wildman–Crippen LogP) is 3.05. The maximum atomic E-state index is 11.7. The summed E-state index contributed by atoms with van der Waals surface area (Å²) in [7, 11) is 0. The molecular formula is C12H12N2O2S2. The minimum absolute atomic E-state index is 0.341. The summed E-state index contributed by atoms with van der Waals surface area (Å²) in [5.41, 5.74) is 8.54. The number of benzene rings is 1. The lowest BCUT2D eigenvalue weighted by atomic mass is 10.3. The van der Waals surface area contributed by atoms with Crippen molar-refractivity contribution in [3.8, 4) is 0 Å². The fraction of sp³-hybridized carbons (Fsp3) is 0.167. The number of carbonyl (C=O) groups is 1. The van der Waals surface area contributed by atoms with Crippen molar-refractivity contribution in [2.75, 3.05) is 12.3 Å². The number of rotatable bonds is 4. The van der Waals surface area contributed by atoms with Gasteiger partial charge in [-0.2, -0.15) is 0 Å². The van der Waals surface area contributed by atoms with E-state index in [1.165, 1.54) is 23.1 Å². The van der Waals surface area contributed by atoms with E-state index < -0.39 is 5.97 Å². The van der Waals surface area contributed by atoms with Crippen LogP contribution in [-0.2, 0) is 4.74 Å². The Kier molecular flexibility index (Phi) is 4.22. The van der Waals surface area contributed by atoms with E-state index in [1.807, 2.05) is 24.3 Å². The van der Waals surface area contributed by atoms with Crippen molar-refractivity contribution < 1.29 is 9.53 Å². The largest absolute Gasteiger partial charge is 0.461 e. The van der Waals surface area contributed by atoms with E-state index in [9.17, 15) is 4.79 Å². The first kappa shape index (κ1) is 12.9. The van der Waals surface area contributed by atoms with Gasteiger partial charge >= 0.3 is 5.97 Å². The van der Waals surface area contributed by atoms with Crippen molar-refractivity contribution in [3.05, 3.63) is 35.5 Å². The molecule has 0 bridgehead atoms. The van der Waals surface area contributed by atoms with Crippen molar-refractivity contribution in [3.63, 3.8) is 0 Å². The number of nitrogens with two attached hydrogens (primary N) is 1. The average molecular weight is 280 g/mol. The molecule has 0 atom stereocenters. The number of para-hydroxylation sites is 1. The minimum Gasteiger partial charge on any atom is -0.461 e. The third-order valence-corrected chi connectivity index (χ3v) is 4.25. The Labute approximate surface area is 113 Å². The number of thiazole rings is 1. The van der Waals surface area contributed by atoms with Crippen LogP contribution in [0, 0.1) is 0 Å². The zero-order valence-corrected chi connectivity index (χ0v) is 11.4. The van der Waals surface area contributed by atoms with Gasteiger partial charge in [0.2, 0.25) is 0 Å². The molecule has 0 radical (unpaired) electrons. The number of hydrogen-bond acceptors (Lipinski definition) is 6. The van der Waals surface area contributed by atoms with Crippen molar-refractivity contribution >= 4 is 34.8 Å². The zero-order valence-electron chi connectivity index (χ0n) is 9.75. The van der Waals surface area contributed by atoms with Gasteiger partial charge in [0.05, 0.1) is 16.3 Å². The highest BCUT2D eigenvalue weighted by Crippen LogP contribution is 2.36. The summed E-state index contributed by atoms with van der Waals surface area (Å²) in [6.07, 6.45) is 0. The number of aromatic nitrogens is 1. The van der Waals surface area contributed by atoms with Crippen LogP contribution in [0.15, 0.2) is 38.9 Å². The van der Waals surface area contributed by atoms with Crippen LogP contribution in [0.25, 0.3) is 0 Å². The first-order valence-corrected chi connectivity index (χ1v) is 7.05. The summed E-state index contributed by atoms with van der Waals surface area (Å²) < 4.78 is 5.75. The molecular weight excluding hydrogens is 268 g/mol. The van der Waals surface area contributed by atoms with E-state index in [2.05, 4.69) is 4.98 Å². The number of nitrogens with zero attached hydrogens (tertiary/aromatic N) is 1. The highest BCUT2D eigenvalue weighted by atomic mass is 32.2. The van der Waals surface area contributed by atoms with Crippen molar-refractivity contribution in [2.45, 2.75) is 16.0 Å². The van der Waals surface area contributed by atoms with Crippen LogP contribution in [0.2, 0.25) is 0 Å². The molecule has 0 aliphatic heterocycles. The third kappa shape index (κ3) is 2.83. The van der Waals surface area contributed by atoms with Gasteiger partial charge in [-0.25, -0.2) is 9.78 Å². The van der Waals surface area contributed by atoms with Gasteiger partial charge in [0.25, 0.3) is 0 Å². The molecule has 0 fully saturated rings. The average Bonchev–Trinajstić information content (AvgIpc) is 2.81. The second kappa shape index (κ2) is 5.88. The normalized spacial score (nSPS) is 10.3. The van der Waals surface area contributed by atoms with E-state index in [0.29, 0.717) is 18.0 Å². The molecule has 0 aliphatic carbocycles. The number of hydrogen-bond donors (Lipinski definition) is 1. The van der Waals surface area contributed by atoms with Gasteiger partial charge in [0, 0.05) is 10.6 Å². The molecule has 2 N–H and O–H groups in total. The van der Waals surface area contributed by atoms with Crippen LogP contribution in [0.3, 0.4) is 0 Å². The summed E-state index contributed by atoms with van der Waals surface area (Å²) in [5, 5.41) is 0. The standard InChI is InChI=1S/C12H12N2O2S2/c1-2-16-11(15)10-12(17-7-14-10)18-9-6-4-3-5-8(9)13/h3-7H,2,13H2,1H3. The SMILES string of the molecule is CCOC(=O)c1ncsc1Sc1ccccc1N. The summed E-state index contributed by atoms with van der Waals surface area (Å²) in [6, 6.07) is 7.52. The predicted molar refractivity (Wildman–Crippen MR) is 73.0 cm³/mol. The molecule has 2 rings (SSSR count). The zero-order chi connectivity index (χ0) is 13.0. The maximum absolute atomic E-state index is 11.7. The summed E-state index contributed by atoms with van der Waals surface area (Å²) >= 11 is 2.83. The maximum Gasteiger partial charge on any atom is 0.359 e. The molecule has 1 heterocycles. The number of anilines is 1. The lowest BCUT2D eigenvalue weighted by Crippen LogP contribution is -2.05. The lowest BCUT2D eigenvalue weighted by Gasteiger charge is -2.04. The second-order valence-electron chi connectivity index (χ2n) is 3.35.